The van der Waals surface area contributed by atoms with Crippen LogP contribution in [0.4, 0.5) is 0 Å². The van der Waals surface area contributed by atoms with Crippen LogP contribution in [-0.2, 0) is 6.42 Å². The first-order valence-corrected chi connectivity index (χ1v) is 18.9. The van der Waals surface area contributed by atoms with E-state index in [4.69, 9.17) is 14.4 Å². The molecule has 0 radical (unpaired) electrons. The van der Waals surface area contributed by atoms with Gasteiger partial charge in [-0.3, -0.25) is 4.98 Å². The molecule has 3 heteroatoms. The minimum atomic E-state index is 0.846. The minimum Gasteiger partial charge on any atom is -0.455 e. The molecule has 10 aromatic rings. The Morgan fingerprint density at radius 3 is 1.67 bits per heavy atom. The maximum absolute atomic E-state index is 7.08. The van der Waals surface area contributed by atoms with Crippen molar-refractivity contribution in [3.05, 3.63) is 187 Å². The third-order valence-corrected chi connectivity index (χ3v) is 11.1. The van der Waals surface area contributed by atoms with E-state index in [9.17, 15) is 0 Å². The quantitative estimate of drug-likeness (QED) is 0.168. The summed E-state index contributed by atoms with van der Waals surface area (Å²) in [5.74, 6) is 0. The van der Waals surface area contributed by atoms with Gasteiger partial charge in [-0.2, -0.15) is 0 Å². The monoisotopic (exact) mass is 702 g/mol. The average molecular weight is 703 g/mol. The smallest absolute Gasteiger partial charge is 0.143 e. The molecule has 11 rings (SSSR count). The highest BCUT2D eigenvalue weighted by molar-refractivity contribution is 6.16. The van der Waals surface area contributed by atoms with Gasteiger partial charge in [-0.15, -0.1) is 0 Å². The van der Waals surface area contributed by atoms with Gasteiger partial charge in [-0.25, -0.2) is 4.98 Å². The number of fused-ring (bicyclic) bond motifs is 9. The number of hydrogen-bond acceptors (Lipinski definition) is 3. The number of aryl methyl sites for hydroxylation is 1. The van der Waals surface area contributed by atoms with Gasteiger partial charge in [0, 0.05) is 38.4 Å². The molecule has 0 N–H and O–H groups in total. The Kier molecular flexibility index (Phi) is 7.31. The fraction of sp³-hybridized carbons (Fsp3) is 0.0385. The standard InChI is InChI=1S/C52H34N2O/c1-4-15-33(16-5-1)38-28-44(35-19-8-3-9-20-35)51-46(30-38)47-31-39(34-17-6-2-7-18-34)29-45(52(47)55-51)36-21-14-22-37(27-36)48-32-53-49-42-25-12-10-23-40(42)41-24-11-13-26-43(41)50(49)54-48/h1-9,11-22,24-32H,10,23H2. The number of benzene rings is 8. The van der Waals surface area contributed by atoms with E-state index >= 15 is 0 Å². The molecule has 0 unspecified atom stereocenters. The van der Waals surface area contributed by atoms with Crippen molar-refractivity contribution in [3.63, 3.8) is 0 Å². The van der Waals surface area contributed by atoms with Gasteiger partial charge in [0.25, 0.3) is 0 Å². The molecule has 0 saturated carbocycles. The van der Waals surface area contributed by atoms with Crippen molar-refractivity contribution >= 4 is 49.8 Å². The van der Waals surface area contributed by atoms with Crippen LogP contribution in [0.25, 0.3) is 106 Å². The molecule has 2 heterocycles. The van der Waals surface area contributed by atoms with E-state index in [1.165, 1.54) is 22.1 Å². The van der Waals surface area contributed by atoms with E-state index in [1.54, 1.807) is 0 Å². The average Bonchev–Trinajstić information content (AvgIpc) is 3.65. The molecule has 0 fully saturated rings. The largest absolute Gasteiger partial charge is 0.455 e. The highest BCUT2D eigenvalue weighted by Gasteiger charge is 2.21. The molecule has 55 heavy (non-hydrogen) atoms. The lowest BCUT2D eigenvalue weighted by molar-refractivity contribution is 0.671. The van der Waals surface area contributed by atoms with E-state index < -0.39 is 0 Å². The van der Waals surface area contributed by atoms with Crippen LogP contribution in [0.2, 0.25) is 0 Å². The zero-order valence-electron chi connectivity index (χ0n) is 30.0. The summed E-state index contributed by atoms with van der Waals surface area (Å²) in [6.45, 7) is 0. The third kappa shape index (κ3) is 5.27. The second kappa shape index (κ2) is 12.8. The summed E-state index contributed by atoms with van der Waals surface area (Å²) in [6.07, 6.45) is 8.49. The van der Waals surface area contributed by atoms with Crippen LogP contribution >= 0.6 is 0 Å². The fourth-order valence-electron chi connectivity index (χ4n) is 8.50. The van der Waals surface area contributed by atoms with Crippen LogP contribution in [0.5, 0.6) is 0 Å². The van der Waals surface area contributed by atoms with Gasteiger partial charge in [0.05, 0.1) is 22.9 Å². The first-order valence-electron chi connectivity index (χ1n) is 18.9. The molecule has 0 amide bonds. The van der Waals surface area contributed by atoms with Gasteiger partial charge in [-0.1, -0.05) is 146 Å². The van der Waals surface area contributed by atoms with Gasteiger partial charge in [0.15, 0.2) is 0 Å². The van der Waals surface area contributed by atoms with Gasteiger partial charge in [0.2, 0.25) is 0 Å². The summed E-state index contributed by atoms with van der Waals surface area (Å²) in [6, 6.07) is 58.2. The molecule has 1 aliphatic rings. The summed E-state index contributed by atoms with van der Waals surface area (Å²) < 4.78 is 7.08. The first kappa shape index (κ1) is 31.4. The first-order chi connectivity index (χ1) is 27.3. The van der Waals surface area contributed by atoms with Crippen molar-refractivity contribution < 1.29 is 4.42 Å². The molecule has 3 nitrogen and oxygen atoms in total. The minimum absolute atomic E-state index is 0.846. The van der Waals surface area contributed by atoms with Gasteiger partial charge < -0.3 is 4.42 Å². The third-order valence-electron chi connectivity index (χ3n) is 11.1. The maximum atomic E-state index is 7.08. The summed E-state index contributed by atoms with van der Waals surface area (Å²) in [4.78, 5) is 10.4. The zero-order valence-corrected chi connectivity index (χ0v) is 30.0. The van der Waals surface area contributed by atoms with Crippen molar-refractivity contribution in [1.82, 2.24) is 9.97 Å². The fourth-order valence-corrected chi connectivity index (χ4v) is 8.50. The van der Waals surface area contributed by atoms with Crippen molar-refractivity contribution in [2.45, 2.75) is 12.8 Å². The highest BCUT2D eigenvalue weighted by atomic mass is 16.3. The number of hydrogen-bond donors (Lipinski definition) is 0. The molecule has 2 aromatic heterocycles. The van der Waals surface area contributed by atoms with Crippen molar-refractivity contribution in [3.8, 4) is 55.8 Å². The van der Waals surface area contributed by atoms with Crippen molar-refractivity contribution in [2.75, 3.05) is 0 Å². The summed E-state index contributed by atoms with van der Waals surface area (Å²) in [5.41, 5.74) is 17.0. The highest BCUT2D eigenvalue weighted by Crippen LogP contribution is 2.45. The Labute approximate surface area is 318 Å². The van der Waals surface area contributed by atoms with Crippen LogP contribution < -0.4 is 0 Å². The molecule has 8 aromatic carbocycles. The Morgan fingerprint density at radius 1 is 0.436 bits per heavy atom. The van der Waals surface area contributed by atoms with Crippen molar-refractivity contribution in [1.29, 1.82) is 0 Å². The normalized spacial score (nSPS) is 12.5. The zero-order chi connectivity index (χ0) is 36.3. The maximum Gasteiger partial charge on any atom is 0.143 e. The Morgan fingerprint density at radius 2 is 1.00 bits per heavy atom. The van der Waals surface area contributed by atoms with Crippen molar-refractivity contribution in [2.24, 2.45) is 0 Å². The van der Waals surface area contributed by atoms with Crippen LogP contribution in [0.15, 0.2) is 180 Å². The topological polar surface area (TPSA) is 38.9 Å². The SMILES string of the molecule is C1=Cc2c(c3ccccc3c3nc(-c4cccc(-c5cc(-c6ccccc6)cc6c5oc5c(-c7ccccc7)cc(-c7ccccc7)cc56)c4)cnc23)CC1. The summed E-state index contributed by atoms with van der Waals surface area (Å²) in [7, 11) is 0. The Balaban J connectivity index is 1.15. The number of nitrogens with zero attached hydrogens (tertiary/aromatic N) is 2. The van der Waals surface area contributed by atoms with Crippen LogP contribution in [0.3, 0.4) is 0 Å². The number of aromatic nitrogens is 2. The predicted octanol–water partition coefficient (Wildman–Crippen LogP) is 14.0. The Hall–Kier alpha value is -7.10. The van der Waals surface area contributed by atoms with Crippen LogP contribution in [0, 0.1) is 0 Å². The van der Waals surface area contributed by atoms with E-state index in [2.05, 4.69) is 176 Å². The molecular weight excluding hydrogens is 669 g/mol. The lowest BCUT2D eigenvalue weighted by atomic mass is 9.90. The Bertz CT molecular complexity index is 3120. The van der Waals surface area contributed by atoms with E-state index in [0.717, 1.165) is 101 Å². The number of allylic oxidation sites excluding steroid dienone is 1. The molecule has 0 spiro atoms. The van der Waals surface area contributed by atoms with E-state index in [0.29, 0.717) is 0 Å². The van der Waals surface area contributed by atoms with Gasteiger partial charge in [0.1, 0.15) is 11.2 Å². The van der Waals surface area contributed by atoms with Gasteiger partial charge in [-0.05, 0) is 87.5 Å². The lowest BCUT2D eigenvalue weighted by Gasteiger charge is -2.17. The second-order valence-corrected chi connectivity index (χ2v) is 14.4. The summed E-state index contributed by atoms with van der Waals surface area (Å²) in [5, 5.41) is 4.60. The predicted molar refractivity (Wildman–Crippen MR) is 229 cm³/mol. The second-order valence-electron chi connectivity index (χ2n) is 14.4. The molecular formula is C52H34N2O. The molecule has 0 saturated heterocycles. The van der Waals surface area contributed by atoms with Crippen LogP contribution in [-0.4, -0.2) is 9.97 Å². The molecule has 0 bridgehead atoms. The molecule has 258 valence electrons. The lowest BCUT2D eigenvalue weighted by Crippen LogP contribution is -2.00. The van der Waals surface area contributed by atoms with E-state index in [-0.39, 0.29) is 0 Å². The number of furan rings is 1. The molecule has 0 aliphatic heterocycles. The summed E-state index contributed by atoms with van der Waals surface area (Å²) >= 11 is 0. The molecule has 1 aliphatic carbocycles. The van der Waals surface area contributed by atoms with E-state index in [1.807, 2.05) is 6.20 Å². The van der Waals surface area contributed by atoms with Crippen LogP contribution in [0.1, 0.15) is 17.5 Å². The van der Waals surface area contributed by atoms with Gasteiger partial charge >= 0.3 is 0 Å². The number of rotatable bonds is 5. The molecule has 0 atom stereocenters.